The first-order valence-electron chi connectivity index (χ1n) is 8.01. The molecule has 7 nitrogen and oxygen atoms in total. The summed E-state index contributed by atoms with van der Waals surface area (Å²) in [6, 6.07) is 3.89. The fraction of sp³-hybridized carbons (Fsp3) is 0.375. The smallest absolute Gasteiger partial charge is 0.262 e. The van der Waals surface area contributed by atoms with Crippen LogP contribution in [0.5, 0.6) is 0 Å². The van der Waals surface area contributed by atoms with Gasteiger partial charge in [0.25, 0.3) is 10.0 Å². The van der Waals surface area contributed by atoms with Crippen molar-refractivity contribution in [2.24, 2.45) is 13.0 Å². The van der Waals surface area contributed by atoms with Crippen molar-refractivity contribution in [1.29, 1.82) is 0 Å². The maximum Gasteiger partial charge on any atom is 0.262 e. The molecule has 140 valence electrons. The lowest BCUT2D eigenvalue weighted by Crippen LogP contribution is -2.43. The lowest BCUT2D eigenvalue weighted by atomic mass is 9.99. The number of rotatable bonds is 4. The third kappa shape index (κ3) is 3.89. The van der Waals surface area contributed by atoms with Crippen molar-refractivity contribution >= 4 is 33.2 Å². The van der Waals surface area contributed by atoms with Gasteiger partial charge in [-0.05, 0) is 31.0 Å². The van der Waals surface area contributed by atoms with Crippen LogP contribution in [-0.4, -0.2) is 41.3 Å². The zero-order valence-electron chi connectivity index (χ0n) is 14.0. The molecule has 1 aromatic heterocycles. The quantitative estimate of drug-likeness (QED) is 0.853. The van der Waals surface area contributed by atoms with Crippen molar-refractivity contribution in [3.63, 3.8) is 0 Å². The maximum atomic E-state index is 13.2. The van der Waals surface area contributed by atoms with Crippen LogP contribution in [0.2, 0.25) is 5.02 Å². The number of aromatic nitrogens is 2. The molecule has 26 heavy (non-hydrogen) atoms. The molecule has 1 aromatic carbocycles. The van der Waals surface area contributed by atoms with Crippen molar-refractivity contribution in [1.82, 2.24) is 13.9 Å². The third-order valence-electron chi connectivity index (χ3n) is 4.23. The summed E-state index contributed by atoms with van der Waals surface area (Å²) in [4.78, 5) is 16.4. The van der Waals surface area contributed by atoms with Crippen LogP contribution in [0, 0.1) is 11.7 Å². The van der Waals surface area contributed by atoms with Gasteiger partial charge in [0.15, 0.2) is 5.03 Å². The summed E-state index contributed by atoms with van der Waals surface area (Å²) >= 11 is 5.71. The van der Waals surface area contributed by atoms with Crippen molar-refractivity contribution in [2.75, 3.05) is 18.4 Å². The van der Waals surface area contributed by atoms with Gasteiger partial charge in [-0.25, -0.2) is 17.8 Å². The molecule has 0 unspecified atom stereocenters. The predicted octanol–water partition coefficient (Wildman–Crippen LogP) is 2.25. The molecule has 3 rings (SSSR count). The van der Waals surface area contributed by atoms with Crippen LogP contribution in [0.4, 0.5) is 10.1 Å². The lowest BCUT2D eigenvalue weighted by molar-refractivity contribution is -0.120. The van der Waals surface area contributed by atoms with E-state index >= 15 is 0 Å². The van der Waals surface area contributed by atoms with E-state index in [2.05, 4.69) is 10.3 Å². The van der Waals surface area contributed by atoms with E-state index in [0.29, 0.717) is 25.1 Å². The Hall–Kier alpha value is -1.97. The molecule has 1 aliphatic rings. The summed E-state index contributed by atoms with van der Waals surface area (Å²) in [7, 11) is -2.06. The fourth-order valence-corrected chi connectivity index (χ4v) is 4.52. The zero-order chi connectivity index (χ0) is 18.9. The number of carbonyl (C=O) groups is 1. The maximum absolute atomic E-state index is 13.2. The van der Waals surface area contributed by atoms with Gasteiger partial charge in [0.2, 0.25) is 5.91 Å². The summed E-state index contributed by atoms with van der Waals surface area (Å²) < 4.78 is 41.4. The molecular weight excluding hydrogens is 383 g/mol. The molecular formula is C16H18ClFN4O3S. The highest BCUT2D eigenvalue weighted by molar-refractivity contribution is 7.89. The molecule has 0 bridgehead atoms. The van der Waals surface area contributed by atoms with Gasteiger partial charge >= 0.3 is 0 Å². The van der Waals surface area contributed by atoms with Gasteiger partial charge in [-0.2, -0.15) is 4.31 Å². The van der Waals surface area contributed by atoms with Crippen molar-refractivity contribution < 1.29 is 17.6 Å². The summed E-state index contributed by atoms with van der Waals surface area (Å²) in [6.45, 7) is 0.407. The molecule has 10 heteroatoms. The number of amides is 1. The van der Waals surface area contributed by atoms with Crippen molar-refractivity contribution in [3.8, 4) is 0 Å². The van der Waals surface area contributed by atoms with Crippen LogP contribution >= 0.6 is 11.6 Å². The number of nitrogens with one attached hydrogen (secondary N) is 1. The van der Waals surface area contributed by atoms with E-state index < -0.39 is 21.8 Å². The molecule has 2 heterocycles. The Kier molecular flexibility index (Phi) is 5.31. The summed E-state index contributed by atoms with van der Waals surface area (Å²) in [5, 5.41) is 2.54. The summed E-state index contributed by atoms with van der Waals surface area (Å²) in [6.07, 6.45) is 3.97. The molecule has 0 saturated carbocycles. The number of hydrogen-bond donors (Lipinski definition) is 1. The molecule has 1 N–H and O–H groups in total. The van der Waals surface area contributed by atoms with E-state index in [1.165, 1.54) is 29.0 Å². The minimum Gasteiger partial charge on any atom is -0.339 e. The number of aryl methyl sites for hydroxylation is 1. The van der Waals surface area contributed by atoms with Crippen LogP contribution in [0.25, 0.3) is 0 Å². The molecule has 0 aliphatic carbocycles. The number of hydrogen-bond acceptors (Lipinski definition) is 4. The number of benzene rings is 1. The van der Waals surface area contributed by atoms with E-state index in [9.17, 15) is 17.6 Å². The first-order valence-corrected chi connectivity index (χ1v) is 9.83. The molecule has 1 atom stereocenters. The predicted molar refractivity (Wildman–Crippen MR) is 94.7 cm³/mol. The average Bonchev–Trinajstić information content (AvgIpc) is 3.05. The molecule has 0 spiro atoms. The van der Waals surface area contributed by atoms with Gasteiger partial charge in [0.1, 0.15) is 5.82 Å². The van der Waals surface area contributed by atoms with Gasteiger partial charge in [-0.1, -0.05) is 11.6 Å². The largest absolute Gasteiger partial charge is 0.339 e. The second-order valence-electron chi connectivity index (χ2n) is 6.20. The topological polar surface area (TPSA) is 84.3 Å². The minimum absolute atomic E-state index is 0.0358. The number of nitrogens with zero attached hydrogens (tertiary/aromatic N) is 3. The number of carbonyl (C=O) groups excluding carboxylic acids is 1. The summed E-state index contributed by atoms with van der Waals surface area (Å²) in [5.41, 5.74) is 0.367. The Morgan fingerprint density at radius 3 is 2.85 bits per heavy atom. The van der Waals surface area contributed by atoms with Gasteiger partial charge in [0, 0.05) is 32.0 Å². The first-order chi connectivity index (χ1) is 12.3. The SMILES string of the molecule is Cn1cnc(S(=O)(=O)N2CCC[C@@H](C(=O)Nc3ccc(F)c(Cl)c3)C2)c1. The highest BCUT2D eigenvalue weighted by Crippen LogP contribution is 2.25. The van der Waals surface area contributed by atoms with Crippen LogP contribution in [0.15, 0.2) is 35.7 Å². The van der Waals surface area contributed by atoms with Crippen LogP contribution < -0.4 is 5.32 Å². The molecule has 1 aliphatic heterocycles. The van der Waals surface area contributed by atoms with Gasteiger partial charge in [-0.15, -0.1) is 0 Å². The molecule has 0 radical (unpaired) electrons. The Labute approximate surface area is 155 Å². The van der Waals surface area contributed by atoms with Crippen LogP contribution in [0.3, 0.4) is 0 Å². The van der Waals surface area contributed by atoms with E-state index in [4.69, 9.17) is 11.6 Å². The first kappa shape index (κ1) is 18.8. The second kappa shape index (κ2) is 7.34. The van der Waals surface area contributed by atoms with Crippen LogP contribution in [-0.2, 0) is 21.9 Å². The lowest BCUT2D eigenvalue weighted by Gasteiger charge is -2.30. The van der Waals surface area contributed by atoms with Crippen LogP contribution in [0.1, 0.15) is 12.8 Å². The monoisotopic (exact) mass is 400 g/mol. The highest BCUT2D eigenvalue weighted by Gasteiger charge is 2.34. The van der Waals surface area contributed by atoms with E-state index in [1.807, 2.05) is 0 Å². The fourth-order valence-electron chi connectivity index (χ4n) is 2.85. The Morgan fingerprint density at radius 2 is 2.19 bits per heavy atom. The molecule has 2 aromatic rings. The van der Waals surface area contributed by atoms with E-state index in [1.54, 1.807) is 11.6 Å². The minimum atomic E-state index is -3.74. The summed E-state index contributed by atoms with van der Waals surface area (Å²) in [5.74, 6) is -1.41. The normalized spacial score (nSPS) is 18.7. The molecule has 1 fully saturated rings. The second-order valence-corrected chi connectivity index (χ2v) is 8.49. The zero-order valence-corrected chi connectivity index (χ0v) is 15.6. The number of anilines is 1. The van der Waals surface area contributed by atoms with Gasteiger partial charge < -0.3 is 9.88 Å². The number of halogens is 2. The van der Waals surface area contributed by atoms with Crippen molar-refractivity contribution in [3.05, 3.63) is 41.6 Å². The number of piperidine rings is 1. The third-order valence-corrected chi connectivity index (χ3v) is 6.27. The Balaban J connectivity index is 1.71. The molecule has 1 amide bonds. The van der Waals surface area contributed by atoms with Gasteiger partial charge in [-0.3, -0.25) is 4.79 Å². The average molecular weight is 401 g/mol. The van der Waals surface area contributed by atoms with E-state index in [-0.39, 0.29) is 22.5 Å². The molecule has 1 saturated heterocycles. The van der Waals surface area contributed by atoms with E-state index in [0.717, 1.165) is 6.07 Å². The van der Waals surface area contributed by atoms with Crippen molar-refractivity contribution in [2.45, 2.75) is 17.9 Å². The Morgan fingerprint density at radius 1 is 1.42 bits per heavy atom. The Bertz CT molecular complexity index is 931. The highest BCUT2D eigenvalue weighted by atomic mass is 35.5. The number of sulfonamides is 1. The standard InChI is InChI=1S/C16H18ClFN4O3S/c1-21-9-15(19-10-21)26(24,25)22-6-2-3-11(8-22)16(23)20-12-4-5-14(18)13(17)7-12/h4-5,7,9-11H,2-3,6,8H2,1H3,(H,20,23)/t11-/m1/s1. The number of imidazole rings is 1. The van der Waals surface area contributed by atoms with Gasteiger partial charge in [0.05, 0.1) is 17.3 Å².